The van der Waals surface area contributed by atoms with Crippen molar-refractivity contribution in [1.82, 2.24) is 10.0 Å². The van der Waals surface area contributed by atoms with E-state index >= 15 is 0 Å². The number of alkyl halides is 2. The van der Waals surface area contributed by atoms with Crippen molar-refractivity contribution >= 4 is 90.2 Å². The SMILES string of the molecule is O=C(CN(C(=O)c1ccc([N+](=O)[O-])cc1)N1C(=O)[C@H]2C[C@@H](Br)[C@@H](Br)C[C@H]2C1=O)c1ccc(OC(=O)c2ccc(Cl)cc2Cl)cc1. The zero-order valence-electron chi connectivity index (χ0n) is 22.9. The molecule has 4 atom stereocenters. The first-order valence-electron chi connectivity index (χ1n) is 13.4. The number of rotatable bonds is 8. The van der Waals surface area contributed by atoms with E-state index in [1.165, 1.54) is 54.6 Å². The molecule has 0 radical (unpaired) electrons. The Morgan fingerprint density at radius 3 is 1.98 bits per heavy atom. The Balaban J connectivity index is 1.39. The van der Waals surface area contributed by atoms with Crippen LogP contribution in [0.25, 0.3) is 0 Å². The van der Waals surface area contributed by atoms with E-state index < -0.39 is 52.8 Å². The van der Waals surface area contributed by atoms with Crippen LogP contribution in [0.1, 0.15) is 43.9 Å². The van der Waals surface area contributed by atoms with Crippen LogP contribution in [-0.2, 0) is 9.59 Å². The van der Waals surface area contributed by atoms with Crippen molar-refractivity contribution in [3.63, 3.8) is 0 Å². The molecule has 2 aliphatic rings. The Labute approximate surface area is 282 Å². The van der Waals surface area contributed by atoms with Crippen LogP contribution in [0.15, 0.2) is 66.7 Å². The third kappa shape index (κ3) is 6.81. The fourth-order valence-corrected chi connectivity index (χ4v) is 6.90. The molecule has 1 saturated carbocycles. The molecular weight excluding hydrogens is 761 g/mol. The molecule has 11 nitrogen and oxygen atoms in total. The molecule has 1 aliphatic carbocycles. The number of nitro benzene ring substituents is 1. The monoisotopic (exact) mass is 779 g/mol. The first-order chi connectivity index (χ1) is 21.3. The normalized spacial score (nSPS) is 20.8. The van der Waals surface area contributed by atoms with Gasteiger partial charge in [-0.15, -0.1) is 0 Å². The highest BCUT2D eigenvalue weighted by atomic mass is 79.9. The van der Waals surface area contributed by atoms with E-state index in [0.29, 0.717) is 17.9 Å². The molecule has 0 N–H and O–H groups in total. The average molecular weight is 782 g/mol. The summed E-state index contributed by atoms with van der Waals surface area (Å²) >= 11 is 19.0. The van der Waals surface area contributed by atoms with Gasteiger partial charge in [-0.05, 0) is 67.4 Å². The van der Waals surface area contributed by atoms with Gasteiger partial charge in [0.1, 0.15) is 12.3 Å². The maximum atomic E-state index is 13.7. The summed E-state index contributed by atoms with van der Waals surface area (Å²) in [5.74, 6) is -4.75. The summed E-state index contributed by atoms with van der Waals surface area (Å²) in [4.78, 5) is 77.2. The van der Waals surface area contributed by atoms with E-state index in [-0.39, 0.29) is 42.8 Å². The van der Waals surface area contributed by atoms with Gasteiger partial charge in [-0.2, -0.15) is 5.01 Å². The fourth-order valence-electron chi connectivity index (χ4n) is 5.18. The molecule has 1 saturated heterocycles. The summed E-state index contributed by atoms with van der Waals surface area (Å²) in [5.41, 5.74) is -0.152. The van der Waals surface area contributed by atoms with Crippen molar-refractivity contribution in [3.8, 4) is 5.75 Å². The number of fused-ring (bicyclic) bond motifs is 1. The molecule has 3 aromatic rings. The molecule has 0 aromatic heterocycles. The number of Topliss-reactive ketones (excluding diaryl/α,β-unsaturated/α-hetero) is 1. The number of halogens is 4. The van der Waals surface area contributed by atoms with Crippen LogP contribution in [-0.4, -0.2) is 60.6 Å². The summed E-state index contributed by atoms with van der Waals surface area (Å²) in [6.45, 7) is -0.693. The lowest BCUT2D eigenvalue weighted by Gasteiger charge is -2.30. The maximum Gasteiger partial charge on any atom is 0.345 e. The number of esters is 1. The van der Waals surface area contributed by atoms with E-state index in [9.17, 15) is 34.1 Å². The minimum absolute atomic E-state index is 0.0660. The Kier molecular flexibility index (Phi) is 9.73. The molecule has 0 spiro atoms. The molecule has 3 amide bonds. The summed E-state index contributed by atoms with van der Waals surface area (Å²) < 4.78 is 5.34. The molecule has 3 aromatic carbocycles. The van der Waals surface area contributed by atoms with Crippen molar-refractivity contribution in [2.24, 2.45) is 11.8 Å². The quantitative estimate of drug-likeness (QED) is 0.0494. The number of benzene rings is 3. The number of non-ortho nitro benzene ring substituents is 1. The van der Waals surface area contributed by atoms with Crippen LogP contribution in [0.2, 0.25) is 10.0 Å². The standard InChI is InChI=1S/C30H21Br2Cl2N3O8/c31-23-12-21-22(13-24(23)32)29(41)36(28(21)40)35(27(39)16-1-6-18(7-2-16)37(43)44)14-26(38)15-3-8-19(9-4-15)45-30(42)20-10-5-17(33)11-25(20)34/h1-11,21-24H,12-14H2/t21-,22+,23+,24-. The van der Waals surface area contributed by atoms with E-state index in [1.54, 1.807) is 0 Å². The van der Waals surface area contributed by atoms with Gasteiger partial charge >= 0.3 is 5.97 Å². The molecule has 232 valence electrons. The molecule has 5 rings (SSSR count). The third-order valence-electron chi connectivity index (χ3n) is 7.52. The molecular formula is C30H21Br2Cl2N3O8. The zero-order valence-corrected chi connectivity index (χ0v) is 27.6. The van der Waals surface area contributed by atoms with E-state index in [4.69, 9.17) is 27.9 Å². The highest BCUT2D eigenvalue weighted by Gasteiger charge is 2.54. The molecule has 1 aliphatic heterocycles. The number of hydrazine groups is 1. The summed E-state index contributed by atoms with van der Waals surface area (Å²) in [5, 5.41) is 13.1. The smallest absolute Gasteiger partial charge is 0.345 e. The van der Waals surface area contributed by atoms with Gasteiger partial charge in [-0.1, -0.05) is 55.1 Å². The van der Waals surface area contributed by atoms with Gasteiger partial charge in [0.25, 0.3) is 23.4 Å². The fraction of sp³-hybridized carbons (Fsp3) is 0.233. The summed E-state index contributed by atoms with van der Waals surface area (Å²) in [7, 11) is 0. The van der Waals surface area contributed by atoms with Gasteiger partial charge in [0.15, 0.2) is 5.78 Å². The first-order valence-corrected chi connectivity index (χ1v) is 16.0. The van der Waals surface area contributed by atoms with Crippen molar-refractivity contribution in [2.75, 3.05) is 6.54 Å². The Bertz CT molecular complexity index is 1690. The molecule has 45 heavy (non-hydrogen) atoms. The summed E-state index contributed by atoms with van der Waals surface area (Å²) in [6.07, 6.45) is 0.688. The molecule has 2 fully saturated rings. The Morgan fingerprint density at radius 1 is 0.889 bits per heavy atom. The van der Waals surface area contributed by atoms with Crippen LogP contribution in [0.4, 0.5) is 5.69 Å². The number of amides is 3. The number of hydrogen-bond acceptors (Lipinski definition) is 8. The number of hydrogen-bond donors (Lipinski definition) is 0. The van der Waals surface area contributed by atoms with E-state index in [1.807, 2.05) is 0 Å². The van der Waals surface area contributed by atoms with Gasteiger partial charge < -0.3 is 4.74 Å². The van der Waals surface area contributed by atoms with Crippen LogP contribution in [0.5, 0.6) is 5.75 Å². The predicted octanol–water partition coefficient (Wildman–Crippen LogP) is 6.28. The van der Waals surface area contributed by atoms with Gasteiger partial charge in [0.2, 0.25) is 0 Å². The highest BCUT2D eigenvalue weighted by molar-refractivity contribution is 9.12. The number of nitrogens with zero attached hydrogens (tertiary/aromatic N) is 3. The predicted molar refractivity (Wildman–Crippen MR) is 170 cm³/mol. The number of carbonyl (C=O) groups excluding carboxylic acids is 5. The molecule has 0 bridgehead atoms. The number of carbonyl (C=O) groups is 5. The molecule has 15 heteroatoms. The second kappa shape index (κ2) is 13.4. The molecule has 1 heterocycles. The van der Waals surface area contributed by atoms with E-state index in [0.717, 1.165) is 22.2 Å². The molecule has 0 unspecified atom stereocenters. The third-order valence-corrected chi connectivity index (χ3v) is 10.8. The number of imide groups is 1. The average Bonchev–Trinajstić information content (AvgIpc) is 3.24. The number of ether oxygens (including phenoxy) is 1. The second-order valence-corrected chi connectivity index (χ2v) is 13.5. The van der Waals surface area contributed by atoms with Gasteiger partial charge in [0, 0.05) is 37.9 Å². The maximum absolute atomic E-state index is 13.7. The van der Waals surface area contributed by atoms with Gasteiger partial charge in [-0.25, -0.2) is 9.80 Å². The van der Waals surface area contributed by atoms with Crippen LogP contribution in [0, 0.1) is 22.0 Å². The largest absolute Gasteiger partial charge is 0.423 e. The van der Waals surface area contributed by atoms with Crippen molar-refractivity contribution in [3.05, 3.63) is 104 Å². The number of ketones is 1. The first kappa shape index (κ1) is 32.7. The van der Waals surface area contributed by atoms with Gasteiger partial charge in [-0.3, -0.25) is 29.3 Å². The Morgan fingerprint density at radius 2 is 1.44 bits per heavy atom. The van der Waals surface area contributed by atoms with E-state index in [2.05, 4.69) is 31.9 Å². The van der Waals surface area contributed by atoms with Gasteiger partial charge in [0.05, 0.1) is 27.3 Å². The Hall–Kier alpha value is -3.65. The number of nitro groups is 1. The lowest BCUT2D eigenvalue weighted by atomic mass is 9.81. The van der Waals surface area contributed by atoms with Crippen LogP contribution in [0.3, 0.4) is 0 Å². The minimum Gasteiger partial charge on any atom is -0.423 e. The highest BCUT2D eigenvalue weighted by Crippen LogP contribution is 2.43. The van der Waals surface area contributed by atoms with Crippen molar-refractivity contribution in [2.45, 2.75) is 22.5 Å². The minimum atomic E-state index is -0.866. The lowest BCUT2D eigenvalue weighted by Crippen LogP contribution is -2.52. The lowest BCUT2D eigenvalue weighted by molar-refractivity contribution is -0.384. The van der Waals surface area contributed by atoms with Crippen molar-refractivity contribution in [1.29, 1.82) is 0 Å². The van der Waals surface area contributed by atoms with Crippen LogP contribution >= 0.6 is 55.1 Å². The zero-order chi connectivity index (χ0) is 32.6. The van der Waals surface area contributed by atoms with Crippen LogP contribution < -0.4 is 4.74 Å². The van der Waals surface area contributed by atoms with Crippen molar-refractivity contribution < 1.29 is 33.6 Å². The summed E-state index contributed by atoms with van der Waals surface area (Å²) in [6, 6.07) is 14.4. The second-order valence-electron chi connectivity index (χ2n) is 10.3. The topological polar surface area (TPSA) is 144 Å².